The van der Waals surface area contributed by atoms with E-state index >= 15 is 0 Å². The number of aliphatic hydroxyl groups excluding tert-OH is 6. The lowest BCUT2D eigenvalue weighted by molar-refractivity contribution is -0.122. The van der Waals surface area contributed by atoms with E-state index in [1.165, 1.54) is 28.7 Å². The highest BCUT2D eigenvalue weighted by Crippen LogP contribution is 2.57. The Morgan fingerprint density at radius 2 is 1.72 bits per heavy atom. The minimum absolute atomic E-state index is 0.0183. The molecule has 6 heterocycles. The summed E-state index contributed by atoms with van der Waals surface area (Å²) in [5.74, 6) is 14.1. The maximum absolute atomic E-state index is 13.9. The molecule has 0 radical (unpaired) electrons. The van der Waals surface area contributed by atoms with Gasteiger partial charge in [-0.05, 0) is 172 Å². The number of nitrogens with zero attached hydrogens (tertiary/aromatic N) is 1. The fourth-order valence-corrected chi connectivity index (χ4v) is 18.7. The third-order valence-electron chi connectivity index (χ3n) is 20.1. The Bertz CT molecular complexity index is 3120. The van der Waals surface area contributed by atoms with Gasteiger partial charge in [-0.2, -0.15) is 0 Å². The number of benzene rings is 3. The number of phenols is 2. The fourth-order valence-electron chi connectivity index (χ4n) is 15.8. The van der Waals surface area contributed by atoms with Crippen LogP contribution in [-0.2, 0) is 33.8 Å². The summed E-state index contributed by atoms with van der Waals surface area (Å²) in [6.07, 6.45) is 8.66. The van der Waals surface area contributed by atoms with E-state index in [2.05, 4.69) is 41.2 Å². The first-order chi connectivity index (χ1) is 41.7. The molecule has 86 heavy (non-hydrogen) atoms. The van der Waals surface area contributed by atoms with Gasteiger partial charge in [0.25, 0.3) is 0 Å². The van der Waals surface area contributed by atoms with Crippen molar-refractivity contribution in [2.45, 2.75) is 164 Å². The molecular weight excluding hydrogens is 1130 g/mol. The van der Waals surface area contributed by atoms with E-state index in [0.717, 1.165) is 73.4 Å². The number of carbonyl (C=O) groups excluding carboxylic acids is 1. The second kappa shape index (κ2) is 28.3. The lowest BCUT2D eigenvalue weighted by atomic mass is 9.51. The highest BCUT2D eigenvalue weighted by atomic mass is 33.1. The number of nitrogens with one attached hydrogen (secondary N) is 2. The highest BCUT2D eigenvalue weighted by Gasteiger charge is 2.53. The minimum atomic E-state index is -1.13. The number of rotatable bonds is 7. The number of amides is 1. The van der Waals surface area contributed by atoms with Crippen LogP contribution in [0.5, 0.6) is 28.7 Å². The van der Waals surface area contributed by atoms with Crippen LogP contribution in [0, 0.1) is 76.4 Å². The summed E-state index contributed by atoms with van der Waals surface area (Å²) >= 11 is 0. The quantitative estimate of drug-likeness (QED) is 0.0477. The van der Waals surface area contributed by atoms with Crippen molar-refractivity contribution in [1.82, 2.24) is 15.2 Å². The Hall–Kier alpha value is -4.87. The number of aromatic nitrogens is 1. The van der Waals surface area contributed by atoms with Crippen LogP contribution >= 0.6 is 21.6 Å². The highest BCUT2D eigenvalue weighted by molar-refractivity contribution is 8.76. The lowest BCUT2D eigenvalue weighted by Crippen LogP contribution is -2.50. The number of hydrogen-bond donors (Lipinski definition) is 10. The van der Waals surface area contributed by atoms with E-state index in [9.17, 15) is 45.6 Å². The predicted molar refractivity (Wildman–Crippen MR) is 329 cm³/mol. The predicted octanol–water partition coefficient (Wildman–Crippen LogP) is 8.04. The molecule has 1 amide bonds. The van der Waals surface area contributed by atoms with Gasteiger partial charge >= 0.3 is 0 Å². The van der Waals surface area contributed by atoms with Gasteiger partial charge in [-0.1, -0.05) is 70.9 Å². The number of phenolic OH excluding ortho intramolecular Hbond substituents is 2. The van der Waals surface area contributed by atoms with Crippen LogP contribution in [-0.4, -0.2) is 134 Å². The molecule has 17 nitrogen and oxygen atoms in total. The lowest BCUT2D eigenvalue weighted by Gasteiger charge is -2.53. The van der Waals surface area contributed by atoms with Gasteiger partial charge < -0.3 is 79.7 Å². The van der Waals surface area contributed by atoms with Gasteiger partial charge in [-0.3, -0.25) is 4.79 Å². The van der Waals surface area contributed by atoms with Crippen molar-refractivity contribution in [1.29, 1.82) is 0 Å². The van der Waals surface area contributed by atoms with Gasteiger partial charge in [0.15, 0.2) is 29.8 Å². The van der Waals surface area contributed by atoms with E-state index in [1.807, 2.05) is 41.2 Å². The molecule has 8 aliphatic rings. The smallest absolute Gasteiger partial charge is 0.235 e. The molecule has 19 heteroatoms. The first kappa shape index (κ1) is 62.7. The first-order valence-electron chi connectivity index (χ1n) is 31.3. The van der Waals surface area contributed by atoms with Crippen molar-refractivity contribution in [2.24, 2.45) is 52.8 Å². The number of ether oxygens (including phenoxy) is 5. The second-order valence-electron chi connectivity index (χ2n) is 25.6. The Kier molecular flexibility index (Phi) is 20.6. The number of aromatic hydroxyl groups is 2. The standard InChI is InChI=1S/C67H87N3O14S2/c1-39-11-14-45-15-18-55(73)64-49-9-3-6-40-19-20-67(45,30-39)53-26-47(17-13-43(53)32-68-31-40)84-60-25-42-12-16-46(82-37-71)27-56(74)51(22-41-23-61(80-2)65(78)62(24-41)83-38-72)59(77)35-85-86-63(50(42)28-58(60)76)29-57(75)48-8-4-7-44-33-70(34-52(44)48)36-81-21-5-10-54(64)69-66(49)79/h4,7-8,23-25,28,33-34,39-40,43,45-47,49,51,53-57,59,63-64,68,71-78H,5-6,10-18,21-22,26-27,29-32,35-38H2,1-2H3,(H,69,79)/t39-,40+,43-,45+,46-,47-,49+,51+,53-,54-,55-,56+,57+,59+,63+,64-,67-/m0/s1. The van der Waals surface area contributed by atoms with Gasteiger partial charge in [0.2, 0.25) is 11.7 Å². The molecule has 466 valence electrons. The molecule has 3 fully saturated rings. The summed E-state index contributed by atoms with van der Waals surface area (Å²) in [4.78, 5) is 13.9. The van der Waals surface area contributed by atoms with E-state index in [-0.39, 0.29) is 102 Å². The average molecular weight is 1220 g/mol. The SMILES string of the molecule is COc1cc(C[C@H]2[C@H](O)CSS[C@@H]3C[C@@H](O)c4cccc5cn(cc45)COCCC[C@@H]4NC(=O)[C@@H]5C#CC[C@@H]6C#C[C@@]7(C[C@@H](C)CC[C@@H]7CC[C@H](O)[C@H]45)[C@H]4C[C@H](CC[C@H]4CNC6)Oc4cc(c3cc4O)CC[C@H](OCO)C[C@H]2O)cc(OCO)c1O. The van der Waals surface area contributed by atoms with Gasteiger partial charge in [0, 0.05) is 77.6 Å². The molecule has 2 saturated carbocycles. The monoisotopic (exact) mass is 1220 g/mol. The number of aliphatic hydroxyl groups is 6. The normalized spacial score (nSPS) is 34.6. The van der Waals surface area contributed by atoms with E-state index in [1.54, 1.807) is 18.2 Å². The Balaban J connectivity index is 0.976. The van der Waals surface area contributed by atoms with Gasteiger partial charge in [0.05, 0.1) is 43.7 Å². The van der Waals surface area contributed by atoms with Crippen molar-refractivity contribution in [3.05, 3.63) is 77.1 Å². The fraction of sp³-hybridized carbons (Fsp3) is 0.627. The molecule has 5 aliphatic heterocycles. The molecule has 3 aromatic carbocycles. The van der Waals surface area contributed by atoms with Crippen molar-refractivity contribution < 1.29 is 69.3 Å². The molecule has 4 aromatic rings. The topological polar surface area (TPSA) is 254 Å². The molecule has 0 unspecified atom stereocenters. The van der Waals surface area contributed by atoms with Crippen LogP contribution < -0.4 is 24.8 Å². The van der Waals surface area contributed by atoms with Crippen LogP contribution in [0.3, 0.4) is 0 Å². The van der Waals surface area contributed by atoms with Crippen LogP contribution in [0.2, 0.25) is 0 Å². The molecule has 1 saturated heterocycles. The van der Waals surface area contributed by atoms with Crippen LogP contribution in [0.4, 0.5) is 0 Å². The maximum atomic E-state index is 13.9. The maximum Gasteiger partial charge on any atom is 0.235 e. The number of fused-ring (bicyclic) bond motifs is 7. The van der Waals surface area contributed by atoms with E-state index in [0.29, 0.717) is 80.4 Å². The summed E-state index contributed by atoms with van der Waals surface area (Å²) in [5, 5.41) is 101. The molecule has 3 aliphatic carbocycles. The third-order valence-corrected chi connectivity index (χ3v) is 22.9. The third kappa shape index (κ3) is 13.9. The molecule has 10 N–H and O–H groups in total. The van der Waals surface area contributed by atoms with Gasteiger partial charge in [0.1, 0.15) is 19.4 Å². The molecule has 17 atom stereocenters. The molecule has 1 spiro atoms. The number of carbonyl (C=O) groups is 1. The molecule has 12 rings (SSSR count). The number of hydrogen-bond acceptors (Lipinski definition) is 17. The summed E-state index contributed by atoms with van der Waals surface area (Å²) in [6.45, 7) is 3.23. The summed E-state index contributed by atoms with van der Waals surface area (Å²) in [5.41, 5.74) is 2.54. The second-order valence-corrected chi connectivity index (χ2v) is 28.2. The molecule has 11 bridgehead atoms. The first-order valence-corrected chi connectivity index (χ1v) is 33.7. The Morgan fingerprint density at radius 3 is 2.56 bits per heavy atom. The van der Waals surface area contributed by atoms with E-state index in [4.69, 9.17) is 23.7 Å². The number of methoxy groups -OCH3 is 1. The Labute approximate surface area is 513 Å². The van der Waals surface area contributed by atoms with E-state index < -0.39 is 61.2 Å². The van der Waals surface area contributed by atoms with Crippen molar-refractivity contribution in [2.75, 3.05) is 46.1 Å². The summed E-state index contributed by atoms with van der Waals surface area (Å²) in [7, 11) is 4.28. The Morgan fingerprint density at radius 1 is 0.872 bits per heavy atom. The zero-order chi connectivity index (χ0) is 60.1. The average Bonchev–Trinajstić information content (AvgIpc) is 1.02. The largest absolute Gasteiger partial charge is 0.504 e. The minimum Gasteiger partial charge on any atom is -0.504 e. The summed E-state index contributed by atoms with van der Waals surface area (Å²) < 4.78 is 32.2. The number of aryl methyl sites for hydroxylation is 1. The zero-order valence-corrected chi connectivity index (χ0v) is 51.1. The van der Waals surface area contributed by atoms with Gasteiger partial charge in [-0.25, -0.2) is 0 Å². The molecular formula is C67H87N3O14S2. The summed E-state index contributed by atoms with van der Waals surface area (Å²) in [6, 6.07) is 12.5. The van der Waals surface area contributed by atoms with Crippen LogP contribution in [0.1, 0.15) is 130 Å². The van der Waals surface area contributed by atoms with Crippen molar-refractivity contribution in [3.63, 3.8) is 0 Å². The zero-order valence-electron chi connectivity index (χ0n) is 49.5. The van der Waals surface area contributed by atoms with Crippen molar-refractivity contribution in [3.8, 4) is 52.4 Å². The van der Waals surface area contributed by atoms with Crippen LogP contribution in [0.15, 0.2) is 54.9 Å². The molecule has 1 aromatic heterocycles. The van der Waals surface area contributed by atoms with Crippen LogP contribution in [0.25, 0.3) is 10.8 Å². The van der Waals surface area contributed by atoms with Gasteiger partial charge in [-0.15, -0.1) is 5.92 Å². The van der Waals surface area contributed by atoms with Crippen molar-refractivity contribution >= 4 is 38.3 Å².